The first-order valence-electron chi connectivity index (χ1n) is 4.00. The molecule has 0 spiro atoms. The van der Waals surface area contributed by atoms with E-state index in [9.17, 15) is 0 Å². The van der Waals surface area contributed by atoms with E-state index in [-0.39, 0.29) is 0 Å². The van der Waals surface area contributed by atoms with E-state index in [0.29, 0.717) is 5.69 Å². The molecule has 6 nitrogen and oxygen atoms in total. The van der Waals surface area contributed by atoms with E-state index in [1.807, 2.05) is 13.1 Å². The first-order valence-corrected chi connectivity index (χ1v) is 4.00. The second-order valence-electron chi connectivity index (χ2n) is 2.91. The molecule has 0 atom stereocenters. The van der Waals surface area contributed by atoms with Gasteiger partial charge in [0.05, 0.1) is 12.5 Å². The molecule has 14 heavy (non-hydrogen) atoms. The van der Waals surface area contributed by atoms with Crippen molar-refractivity contribution in [1.82, 2.24) is 24.5 Å². The molecule has 2 aromatic heterocycles. The SMILES string of the molecule is Cn1cnc(C#N)c1-c1cnnn1C. The van der Waals surface area contributed by atoms with Crippen molar-refractivity contribution in [1.29, 1.82) is 5.26 Å². The van der Waals surface area contributed by atoms with Crippen LogP contribution in [0.15, 0.2) is 12.5 Å². The summed E-state index contributed by atoms with van der Waals surface area (Å²) < 4.78 is 3.38. The molecule has 0 aliphatic carbocycles. The highest BCUT2D eigenvalue weighted by Gasteiger charge is 2.14. The first-order chi connectivity index (χ1) is 6.74. The molecule has 0 saturated heterocycles. The van der Waals surface area contributed by atoms with Crippen molar-refractivity contribution in [3.05, 3.63) is 18.2 Å². The predicted octanol–water partition coefficient (Wildman–Crippen LogP) is 0.0873. The first kappa shape index (κ1) is 8.44. The second kappa shape index (κ2) is 2.96. The maximum atomic E-state index is 8.85. The Morgan fingerprint density at radius 2 is 2.21 bits per heavy atom. The second-order valence-corrected chi connectivity index (χ2v) is 2.91. The molecule has 0 aromatic carbocycles. The lowest BCUT2D eigenvalue weighted by Crippen LogP contribution is -1.99. The standard InChI is InChI=1S/C8H8N6/c1-13-5-10-6(3-9)8(13)7-4-11-12-14(7)2/h4-5H,1-2H3. The molecule has 2 heterocycles. The van der Waals surface area contributed by atoms with Crippen molar-refractivity contribution >= 4 is 0 Å². The number of rotatable bonds is 1. The minimum Gasteiger partial charge on any atom is -0.331 e. The zero-order valence-electron chi connectivity index (χ0n) is 7.84. The van der Waals surface area contributed by atoms with Crippen LogP contribution in [0, 0.1) is 11.3 Å². The van der Waals surface area contributed by atoms with Crippen molar-refractivity contribution in [2.75, 3.05) is 0 Å². The van der Waals surface area contributed by atoms with Crippen molar-refractivity contribution in [3.63, 3.8) is 0 Å². The Bertz CT molecular complexity index is 500. The summed E-state index contributed by atoms with van der Waals surface area (Å²) in [5.74, 6) is 0. The third-order valence-corrected chi connectivity index (χ3v) is 2.00. The summed E-state index contributed by atoms with van der Waals surface area (Å²) in [4.78, 5) is 3.96. The van der Waals surface area contributed by atoms with Crippen LogP contribution in [0.4, 0.5) is 0 Å². The quantitative estimate of drug-likeness (QED) is 0.635. The largest absolute Gasteiger partial charge is 0.331 e. The van der Waals surface area contributed by atoms with Gasteiger partial charge in [-0.3, -0.25) is 0 Å². The van der Waals surface area contributed by atoms with Gasteiger partial charge >= 0.3 is 0 Å². The van der Waals surface area contributed by atoms with E-state index in [1.165, 1.54) is 0 Å². The summed E-state index contributed by atoms with van der Waals surface area (Å²) in [5, 5.41) is 16.4. The highest BCUT2D eigenvalue weighted by Crippen LogP contribution is 2.19. The summed E-state index contributed by atoms with van der Waals surface area (Å²) in [6.07, 6.45) is 3.21. The van der Waals surface area contributed by atoms with Crippen molar-refractivity contribution in [2.24, 2.45) is 14.1 Å². The minimum absolute atomic E-state index is 0.387. The van der Waals surface area contributed by atoms with Crippen molar-refractivity contribution < 1.29 is 0 Å². The van der Waals surface area contributed by atoms with Gasteiger partial charge in [-0.1, -0.05) is 5.21 Å². The topological polar surface area (TPSA) is 72.3 Å². The highest BCUT2D eigenvalue weighted by atomic mass is 15.4. The van der Waals surface area contributed by atoms with Gasteiger partial charge in [0.25, 0.3) is 0 Å². The van der Waals surface area contributed by atoms with Crippen LogP contribution in [0.2, 0.25) is 0 Å². The highest BCUT2D eigenvalue weighted by molar-refractivity contribution is 5.60. The van der Waals surface area contributed by atoms with Crippen LogP contribution in [0.25, 0.3) is 11.4 Å². The molecule has 0 N–H and O–H groups in total. The van der Waals surface area contributed by atoms with Crippen LogP contribution in [-0.2, 0) is 14.1 Å². The molecule has 0 amide bonds. The van der Waals surface area contributed by atoms with Gasteiger partial charge in [0.2, 0.25) is 0 Å². The minimum atomic E-state index is 0.387. The molecule has 2 aromatic rings. The maximum Gasteiger partial charge on any atom is 0.168 e. The summed E-state index contributed by atoms with van der Waals surface area (Å²) in [5.41, 5.74) is 1.90. The Hall–Kier alpha value is -2.16. The van der Waals surface area contributed by atoms with E-state index in [0.717, 1.165) is 11.4 Å². The summed E-state index contributed by atoms with van der Waals surface area (Å²) in [6, 6.07) is 2.03. The number of nitrogens with zero attached hydrogens (tertiary/aromatic N) is 6. The van der Waals surface area contributed by atoms with Gasteiger partial charge in [-0.2, -0.15) is 5.26 Å². The number of imidazole rings is 1. The Morgan fingerprint density at radius 3 is 2.79 bits per heavy atom. The van der Waals surface area contributed by atoms with E-state index in [2.05, 4.69) is 15.3 Å². The lowest BCUT2D eigenvalue weighted by molar-refractivity contribution is 0.715. The molecule has 2 rings (SSSR count). The van der Waals surface area contributed by atoms with Gasteiger partial charge in [0.15, 0.2) is 5.69 Å². The van der Waals surface area contributed by atoms with Gasteiger partial charge < -0.3 is 4.57 Å². The monoisotopic (exact) mass is 188 g/mol. The molecular formula is C8H8N6. The zero-order valence-corrected chi connectivity index (χ0v) is 7.84. The van der Waals surface area contributed by atoms with Crippen molar-refractivity contribution in [3.8, 4) is 17.5 Å². The van der Waals surface area contributed by atoms with Gasteiger partial charge in [0, 0.05) is 14.1 Å². The molecule has 0 radical (unpaired) electrons. The van der Waals surface area contributed by atoms with Gasteiger partial charge in [0.1, 0.15) is 17.5 Å². The lowest BCUT2D eigenvalue weighted by atomic mass is 10.2. The van der Waals surface area contributed by atoms with E-state index >= 15 is 0 Å². The fraction of sp³-hybridized carbons (Fsp3) is 0.250. The summed E-state index contributed by atoms with van der Waals surface area (Å²) in [6.45, 7) is 0. The number of hydrogen-bond acceptors (Lipinski definition) is 4. The third kappa shape index (κ3) is 1.07. The molecule has 0 saturated carbocycles. The van der Waals surface area contributed by atoms with Crippen LogP contribution in [-0.4, -0.2) is 24.5 Å². The zero-order chi connectivity index (χ0) is 10.1. The van der Waals surface area contributed by atoms with E-state index < -0.39 is 0 Å². The van der Waals surface area contributed by atoms with Gasteiger partial charge in [-0.15, -0.1) is 5.10 Å². The van der Waals surface area contributed by atoms with E-state index in [4.69, 9.17) is 5.26 Å². The Morgan fingerprint density at radius 1 is 1.43 bits per heavy atom. The van der Waals surface area contributed by atoms with Crippen molar-refractivity contribution in [2.45, 2.75) is 0 Å². The van der Waals surface area contributed by atoms with Gasteiger partial charge in [-0.05, 0) is 0 Å². The predicted molar refractivity (Wildman–Crippen MR) is 47.9 cm³/mol. The Balaban J connectivity index is 2.68. The maximum absolute atomic E-state index is 8.85. The molecule has 0 unspecified atom stereocenters. The van der Waals surface area contributed by atoms with Crippen LogP contribution in [0.5, 0.6) is 0 Å². The number of hydrogen-bond donors (Lipinski definition) is 0. The van der Waals surface area contributed by atoms with Crippen LogP contribution < -0.4 is 0 Å². The normalized spacial score (nSPS) is 10.1. The molecular weight excluding hydrogens is 180 g/mol. The average molecular weight is 188 g/mol. The van der Waals surface area contributed by atoms with Gasteiger partial charge in [-0.25, -0.2) is 9.67 Å². The Labute approximate surface area is 80.4 Å². The fourth-order valence-corrected chi connectivity index (χ4v) is 1.32. The van der Waals surface area contributed by atoms with Crippen LogP contribution in [0.3, 0.4) is 0 Å². The Kier molecular flexibility index (Phi) is 1.78. The van der Waals surface area contributed by atoms with Crippen LogP contribution in [0.1, 0.15) is 5.69 Å². The summed E-state index contributed by atoms with van der Waals surface area (Å²) >= 11 is 0. The molecule has 0 fully saturated rings. The average Bonchev–Trinajstić information content (AvgIpc) is 2.72. The van der Waals surface area contributed by atoms with E-state index in [1.54, 1.807) is 28.8 Å². The number of aromatic nitrogens is 5. The molecule has 0 aliphatic heterocycles. The number of nitriles is 1. The summed E-state index contributed by atoms with van der Waals surface area (Å²) in [7, 11) is 3.60. The molecule has 6 heteroatoms. The third-order valence-electron chi connectivity index (χ3n) is 2.00. The molecule has 70 valence electrons. The molecule has 0 bridgehead atoms. The smallest absolute Gasteiger partial charge is 0.168 e. The number of aryl methyl sites for hydroxylation is 2. The lowest BCUT2D eigenvalue weighted by Gasteiger charge is -2.01. The van der Waals surface area contributed by atoms with Crippen LogP contribution >= 0.6 is 0 Å². The fourth-order valence-electron chi connectivity index (χ4n) is 1.32. The molecule has 0 aliphatic rings.